The van der Waals surface area contributed by atoms with Gasteiger partial charge in [-0.15, -0.1) is 24.0 Å². The van der Waals surface area contributed by atoms with Crippen molar-refractivity contribution < 1.29 is 9.59 Å². The molecule has 138 valence electrons. The van der Waals surface area contributed by atoms with Gasteiger partial charge >= 0.3 is 0 Å². The highest BCUT2D eigenvalue weighted by Crippen LogP contribution is 2.26. The Morgan fingerprint density at radius 1 is 1.25 bits per heavy atom. The van der Waals surface area contributed by atoms with Crippen LogP contribution in [0.2, 0.25) is 0 Å². The maximum atomic E-state index is 11.8. The average Bonchev–Trinajstić information content (AvgIpc) is 2.56. The van der Waals surface area contributed by atoms with Crippen LogP contribution in [0.5, 0.6) is 0 Å². The molecule has 1 aliphatic heterocycles. The van der Waals surface area contributed by atoms with E-state index in [0.29, 0.717) is 38.4 Å². The average molecular weight is 468 g/mol. The molecule has 6 nitrogen and oxygen atoms in total. The van der Waals surface area contributed by atoms with E-state index >= 15 is 0 Å². The molecule has 2 unspecified atom stereocenters. The largest absolute Gasteiger partial charge is 0.355 e. The molecule has 2 rings (SSSR count). The van der Waals surface area contributed by atoms with E-state index in [9.17, 15) is 9.59 Å². The van der Waals surface area contributed by atoms with Crippen LogP contribution in [0.3, 0.4) is 0 Å². The molecule has 8 heteroatoms. The molecule has 0 spiro atoms. The van der Waals surface area contributed by atoms with Crippen LogP contribution in [0.25, 0.3) is 0 Å². The number of nitrogens with zero attached hydrogens (tertiary/aromatic N) is 2. The standard InChI is InChI=1S/C16H28N4O2S.HI/c1-17-16(19-12-5-3-6-13(11-12)23-2)18-9-10-20-14(21)7-4-8-15(20)22;/h12-13H,3-11H2,1-2H3,(H2,17,18,19);1H. The zero-order chi connectivity index (χ0) is 16.7. The molecule has 2 aliphatic rings. The third-order valence-electron chi connectivity index (χ3n) is 4.54. The van der Waals surface area contributed by atoms with E-state index in [1.54, 1.807) is 7.05 Å². The molecule has 0 aromatic rings. The summed E-state index contributed by atoms with van der Waals surface area (Å²) in [5.74, 6) is 0.649. The first kappa shape index (κ1) is 21.5. The fourth-order valence-electron chi connectivity index (χ4n) is 3.21. The topological polar surface area (TPSA) is 73.8 Å². The number of thioether (sulfide) groups is 1. The van der Waals surface area contributed by atoms with Gasteiger partial charge in [0, 0.05) is 44.3 Å². The molecular weight excluding hydrogens is 439 g/mol. The van der Waals surface area contributed by atoms with Crippen LogP contribution in [-0.2, 0) is 9.59 Å². The van der Waals surface area contributed by atoms with Crippen molar-refractivity contribution in [2.24, 2.45) is 4.99 Å². The number of piperidine rings is 1. The summed E-state index contributed by atoms with van der Waals surface area (Å²) in [5, 5.41) is 7.42. The third kappa shape index (κ3) is 6.42. The molecular formula is C16H29IN4O2S. The van der Waals surface area contributed by atoms with E-state index in [1.165, 1.54) is 24.2 Å². The van der Waals surface area contributed by atoms with Gasteiger partial charge in [0.15, 0.2) is 5.96 Å². The SMILES string of the molecule is CN=C(NCCN1C(=O)CCCC1=O)NC1CCCC(SC)C1.I. The summed E-state index contributed by atoms with van der Waals surface area (Å²) < 4.78 is 0. The summed E-state index contributed by atoms with van der Waals surface area (Å²) in [6.45, 7) is 0.951. The maximum absolute atomic E-state index is 11.8. The van der Waals surface area contributed by atoms with Gasteiger partial charge in [0.25, 0.3) is 0 Å². The summed E-state index contributed by atoms with van der Waals surface area (Å²) in [5.41, 5.74) is 0. The van der Waals surface area contributed by atoms with E-state index < -0.39 is 0 Å². The van der Waals surface area contributed by atoms with Crippen molar-refractivity contribution in [1.29, 1.82) is 0 Å². The summed E-state index contributed by atoms with van der Waals surface area (Å²) in [6, 6.07) is 0.450. The van der Waals surface area contributed by atoms with Crippen molar-refractivity contribution in [3.63, 3.8) is 0 Å². The van der Waals surface area contributed by atoms with Gasteiger partial charge in [0.2, 0.25) is 11.8 Å². The van der Waals surface area contributed by atoms with Gasteiger partial charge in [-0.3, -0.25) is 19.5 Å². The maximum Gasteiger partial charge on any atom is 0.229 e. The Labute approximate surface area is 166 Å². The minimum Gasteiger partial charge on any atom is -0.355 e. The van der Waals surface area contributed by atoms with E-state index in [1.807, 2.05) is 11.8 Å². The molecule has 24 heavy (non-hydrogen) atoms. The van der Waals surface area contributed by atoms with E-state index in [2.05, 4.69) is 21.9 Å². The number of carbonyl (C=O) groups excluding carboxylic acids is 2. The number of guanidine groups is 1. The number of likely N-dealkylation sites (tertiary alicyclic amines) is 1. The molecule has 2 fully saturated rings. The van der Waals surface area contributed by atoms with Crippen molar-refractivity contribution in [3.05, 3.63) is 0 Å². The Morgan fingerprint density at radius 2 is 1.96 bits per heavy atom. The smallest absolute Gasteiger partial charge is 0.229 e. The number of hydrogen-bond donors (Lipinski definition) is 2. The first-order valence-electron chi connectivity index (χ1n) is 8.47. The van der Waals surface area contributed by atoms with Crippen molar-refractivity contribution in [1.82, 2.24) is 15.5 Å². The summed E-state index contributed by atoms with van der Waals surface area (Å²) >= 11 is 1.94. The minimum absolute atomic E-state index is 0. The highest BCUT2D eigenvalue weighted by Gasteiger charge is 2.25. The lowest BCUT2D eigenvalue weighted by Gasteiger charge is -2.30. The number of hydrogen-bond acceptors (Lipinski definition) is 4. The summed E-state index contributed by atoms with van der Waals surface area (Å²) in [4.78, 5) is 29.2. The molecule has 1 saturated heterocycles. The Kier molecular flexibility index (Phi) is 10.0. The van der Waals surface area contributed by atoms with Crippen LogP contribution in [0, 0.1) is 0 Å². The Bertz CT molecular complexity index is 445. The Morgan fingerprint density at radius 3 is 2.58 bits per heavy atom. The zero-order valence-corrected chi connectivity index (χ0v) is 17.7. The van der Waals surface area contributed by atoms with Gasteiger partial charge in [-0.1, -0.05) is 6.42 Å². The Hall–Kier alpha value is -0.510. The number of nitrogens with one attached hydrogen (secondary N) is 2. The predicted octanol–water partition coefficient (Wildman–Crippen LogP) is 1.98. The third-order valence-corrected chi connectivity index (χ3v) is 5.63. The fourth-order valence-corrected chi connectivity index (χ4v) is 4.04. The first-order valence-corrected chi connectivity index (χ1v) is 9.76. The molecule has 2 amide bonds. The van der Waals surface area contributed by atoms with E-state index in [0.717, 1.165) is 17.6 Å². The van der Waals surface area contributed by atoms with Crippen molar-refractivity contribution in [2.75, 3.05) is 26.4 Å². The lowest BCUT2D eigenvalue weighted by Crippen LogP contribution is -2.49. The predicted molar refractivity (Wildman–Crippen MR) is 110 cm³/mol. The first-order chi connectivity index (χ1) is 11.1. The highest BCUT2D eigenvalue weighted by atomic mass is 127. The van der Waals surface area contributed by atoms with Crippen LogP contribution in [0.15, 0.2) is 4.99 Å². The van der Waals surface area contributed by atoms with Crippen LogP contribution >= 0.6 is 35.7 Å². The Balaban J connectivity index is 0.00000288. The lowest BCUT2D eigenvalue weighted by molar-refractivity contribution is -0.147. The summed E-state index contributed by atoms with van der Waals surface area (Å²) in [6.07, 6.45) is 8.69. The number of aliphatic imine (C=N–C) groups is 1. The van der Waals surface area contributed by atoms with Crippen LogP contribution < -0.4 is 10.6 Å². The second-order valence-corrected chi connectivity index (χ2v) is 7.30. The van der Waals surface area contributed by atoms with Crippen LogP contribution in [0.1, 0.15) is 44.9 Å². The van der Waals surface area contributed by atoms with E-state index in [-0.39, 0.29) is 35.8 Å². The van der Waals surface area contributed by atoms with Crippen LogP contribution in [-0.4, -0.2) is 60.4 Å². The second kappa shape index (κ2) is 11.2. The van der Waals surface area contributed by atoms with Crippen LogP contribution in [0.4, 0.5) is 0 Å². The molecule has 1 saturated carbocycles. The molecule has 2 atom stereocenters. The van der Waals surface area contributed by atoms with E-state index in [4.69, 9.17) is 0 Å². The van der Waals surface area contributed by atoms with Gasteiger partial charge in [-0.05, 0) is 31.9 Å². The molecule has 0 aromatic carbocycles. The lowest BCUT2D eigenvalue weighted by atomic mass is 9.95. The highest BCUT2D eigenvalue weighted by molar-refractivity contribution is 14.0. The molecule has 1 aliphatic carbocycles. The van der Waals surface area contributed by atoms with Gasteiger partial charge in [-0.2, -0.15) is 11.8 Å². The molecule has 1 heterocycles. The number of rotatable bonds is 5. The second-order valence-electron chi connectivity index (χ2n) is 6.16. The molecule has 0 radical (unpaired) electrons. The monoisotopic (exact) mass is 468 g/mol. The molecule has 2 N–H and O–H groups in total. The normalized spacial score (nSPS) is 25.2. The summed E-state index contributed by atoms with van der Waals surface area (Å²) in [7, 11) is 1.75. The number of amides is 2. The molecule has 0 aromatic heterocycles. The van der Waals surface area contributed by atoms with Gasteiger partial charge < -0.3 is 10.6 Å². The van der Waals surface area contributed by atoms with Crippen molar-refractivity contribution in [2.45, 2.75) is 56.2 Å². The quantitative estimate of drug-likeness (QED) is 0.280. The number of imide groups is 1. The van der Waals surface area contributed by atoms with Crippen molar-refractivity contribution in [3.8, 4) is 0 Å². The van der Waals surface area contributed by atoms with Gasteiger partial charge in [0.05, 0.1) is 0 Å². The minimum atomic E-state index is -0.0545. The number of carbonyl (C=O) groups is 2. The van der Waals surface area contributed by atoms with Crippen molar-refractivity contribution >= 4 is 53.5 Å². The fraction of sp³-hybridized carbons (Fsp3) is 0.812. The van der Waals surface area contributed by atoms with Gasteiger partial charge in [-0.25, -0.2) is 0 Å². The van der Waals surface area contributed by atoms with Gasteiger partial charge in [0.1, 0.15) is 0 Å². The zero-order valence-electron chi connectivity index (χ0n) is 14.5. The number of halogens is 1. The molecule has 0 bridgehead atoms.